The lowest BCUT2D eigenvalue weighted by atomic mass is 9.98. The highest BCUT2D eigenvalue weighted by Crippen LogP contribution is 2.49. The number of anilines is 4. The van der Waals surface area contributed by atoms with Gasteiger partial charge in [-0.2, -0.15) is 0 Å². The van der Waals surface area contributed by atoms with Crippen LogP contribution in [0.5, 0.6) is 5.75 Å². The Balaban J connectivity index is 1.15. The Labute approximate surface area is 295 Å². The zero-order valence-corrected chi connectivity index (χ0v) is 27.7. The molecule has 1 atom stereocenters. The van der Waals surface area contributed by atoms with Crippen LogP contribution >= 0.6 is 0 Å². The van der Waals surface area contributed by atoms with E-state index in [0.29, 0.717) is 0 Å². The Morgan fingerprint density at radius 1 is 0.490 bits per heavy atom. The van der Waals surface area contributed by atoms with Crippen molar-refractivity contribution in [3.05, 3.63) is 188 Å². The first-order chi connectivity index (χ1) is 25.3. The van der Waals surface area contributed by atoms with Gasteiger partial charge >= 0.3 is 0 Å². The first kappa shape index (κ1) is 29.2. The third-order valence-corrected chi connectivity index (χ3v) is 9.89. The second-order valence-corrected chi connectivity index (χ2v) is 13.0. The first-order valence-corrected chi connectivity index (χ1v) is 17.3. The minimum atomic E-state index is -0.270. The predicted octanol–water partition coefficient (Wildman–Crippen LogP) is 13.0. The van der Waals surface area contributed by atoms with Gasteiger partial charge in [-0.05, 0) is 82.1 Å². The molecule has 0 saturated heterocycles. The number of rotatable bonds is 6. The molecule has 8 aromatic carbocycles. The number of benzene rings is 8. The highest BCUT2D eigenvalue weighted by Gasteiger charge is 2.28. The third kappa shape index (κ3) is 5.08. The summed E-state index contributed by atoms with van der Waals surface area (Å²) in [6.07, 6.45) is -0.270. The fourth-order valence-corrected chi connectivity index (χ4v) is 7.40. The third-order valence-electron chi connectivity index (χ3n) is 9.89. The summed E-state index contributed by atoms with van der Waals surface area (Å²) in [5.41, 5.74) is 11.5. The summed E-state index contributed by atoms with van der Waals surface area (Å²) in [6, 6.07) is 64.1. The molecule has 0 spiro atoms. The van der Waals surface area contributed by atoms with E-state index in [1.807, 2.05) is 30.3 Å². The Morgan fingerprint density at radius 2 is 1.16 bits per heavy atom. The number of ether oxygens (including phenoxy) is 1. The molecule has 0 aliphatic carbocycles. The van der Waals surface area contributed by atoms with Gasteiger partial charge in [-0.3, -0.25) is 0 Å². The van der Waals surface area contributed by atoms with Crippen LogP contribution in [0.25, 0.3) is 55.0 Å². The van der Waals surface area contributed by atoms with Gasteiger partial charge in [-0.25, -0.2) is 0 Å². The summed E-state index contributed by atoms with van der Waals surface area (Å²) < 4.78 is 13.1. The van der Waals surface area contributed by atoms with Crippen molar-refractivity contribution < 1.29 is 9.15 Å². The van der Waals surface area contributed by atoms with Crippen LogP contribution < -0.4 is 15.0 Å². The van der Waals surface area contributed by atoms with Gasteiger partial charge in [0.25, 0.3) is 0 Å². The normalized spacial score (nSPS) is 13.6. The lowest BCUT2D eigenvalue weighted by Gasteiger charge is -2.28. The van der Waals surface area contributed by atoms with E-state index in [9.17, 15) is 0 Å². The number of fused-ring (bicyclic) bond motifs is 6. The topological polar surface area (TPSA) is 37.6 Å². The molecule has 1 aliphatic heterocycles. The van der Waals surface area contributed by atoms with E-state index in [-0.39, 0.29) is 6.23 Å². The molecule has 0 fully saturated rings. The van der Waals surface area contributed by atoms with Crippen LogP contribution in [-0.4, -0.2) is 0 Å². The summed E-state index contributed by atoms with van der Waals surface area (Å²) in [7, 11) is 0. The lowest BCUT2D eigenvalue weighted by Crippen LogP contribution is -2.11. The van der Waals surface area contributed by atoms with Crippen LogP contribution in [0.3, 0.4) is 0 Å². The molecular weight excluding hydrogens is 625 g/mol. The second kappa shape index (κ2) is 12.0. The Morgan fingerprint density at radius 3 is 2.00 bits per heavy atom. The van der Waals surface area contributed by atoms with E-state index in [2.05, 4.69) is 162 Å². The average molecular weight is 657 g/mol. The van der Waals surface area contributed by atoms with E-state index >= 15 is 0 Å². The van der Waals surface area contributed by atoms with Gasteiger partial charge in [0, 0.05) is 27.9 Å². The molecule has 2 heterocycles. The number of nitrogens with one attached hydrogen (secondary N) is 1. The molecule has 0 amide bonds. The summed E-state index contributed by atoms with van der Waals surface area (Å²) in [4.78, 5) is 2.35. The van der Waals surface area contributed by atoms with Gasteiger partial charge in [-0.1, -0.05) is 127 Å². The van der Waals surface area contributed by atoms with E-state index in [4.69, 9.17) is 9.15 Å². The maximum atomic E-state index is 6.62. The monoisotopic (exact) mass is 656 g/mol. The number of para-hydroxylation sites is 1. The van der Waals surface area contributed by atoms with Crippen molar-refractivity contribution in [3.63, 3.8) is 0 Å². The molecule has 242 valence electrons. The zero-order chi connectivity index (χ0) is 33.7. The summed E-state index contributed by atoms with van der Waals surface area (Å²) in [5, 5.41) is 7.98. The van der Waals surface area contributed by atoms with Crippen LogP contribution in [0.1, 0.15) is 11.8 Å². The summed E-state index contributed by atoms with van der Waals surface area (Å²) in [5.74, 6) is 0.813. The molecule has 4 heteroatoms. The molecule has 0 saturated carbocycles. The molecule has 1 unspecified atom stereocenters. The maximum absolute atomic E-state index is 6.62. The Bertz CT molecular complexity index is 2700. The molecule has 10 rings (SSSR count). The van der Waals surface area contributed by atoms with E-state index in [0.717, 1.165) is 67.1 Å². The van der Waals surface area contributed by atoms with Gasteiger partial charge in [0.05, 0.1) is 16.8 Å². The molecular formula is C47H32N2O2. The molecule has 1 aromatic heterocycles. The molecule has 9 aromatic rings. The lowest BCUT2D eigenvalue weighted by molar-refractivity contribution is 0.263. The van der Waals surface area contributed by atoms with Crippen LogP contribution in [0.15, 0.2) is 186 Å². The quantitative estimate of drug-likeness (QED) is 0.193. The van der Waals surface area contributed by atoms with Crippen molar-refractivity contribution in [1.82, 2.24) is 0 Å². The van der Waals surface area contributed by atoms with Gasteiger partial charge < -0.3 is 19.4 Å². The molecule has 0 radical (unpaired) electrons. The van der Waals surface area contributed by atoms with Gasteiger partial charge in [0.15, 0.2) is 12.0 Å². The molecule has 4 nitrogen and oxygen atoms in total. The standard InChI is InChI=1S/C47H32N2O2/c1-3-11-31(12-4-1)33-21-23-37(24-22-33)49(42-18-10-9-17-39(42)36-20-19-32-13-7-8-16-35(32)29-36)38-25-27-43-40(30-38)45-44(50-43)28-26-41-46(45)51-47(48-41)34-14-5-2-6-15-34/h1-30,47-48H. The highest BCUT2D eigenvalue weighted by molar-refractivity contribution is 6.12. The fraction of sp³-hybridized carbons (Fsp3) is 0.0213. The smallest absolute Gasteiger partial charge is 0.196 e. The summed E-state index contributed by atoms with van der Waals surface area (Å²) in [6.45, 7) is 0. The van der Waals surface area contributed by atoms with Crippen molar-refractivity contribution in [2.45, 2.75) is 6.23 Å². The van der Waals surface area contributed by atoms with Crippen molar-refractivity contribution >= 4 is 55.5 Å². The number of nitrogens with zero attached hydrogens (tertiary/aromatic N) is 1. The van der Waals surface area contributed by atoms with Crippen LogP contribution in [0, 0.1) is 0 Å². The van der Waals surface area contributed by atoms with Crippen LogP contribution in [0.4, 0.5) is 22.7 Å². The average Bonchev–Trinajstić information content (AvgIpc) is 3.81. The second-order valence-electron chi connectivity index (χ2n) is 13.0. The fourth-order valence-electron chi connectivity index (χ4n) is 7.40. The van der Waals surface area contributed by atoms with E-state index in [1.165, 1.54) is 21.9 Å². The van der Waals surface area contributed by atoms with Gasteiger partial charge in [-0.15, -0.1) is 0 Å². The number of furan rings is 1. The van der Waals surface area contributed by atoms with Crippen LogP contribution in [0.2, 0.25) is 0 Å². The van der Waals surface area contributed by atoms with Crippen molar-refractivity contribution in [1.29, 1.82) is 0 Å². The van der Waals surface area contributed by atoms with Crippen molar-refractivity contribution in [2.24, 2.45) is 0 Å². The maximum Gasteiger partial charge on any atom is 0.196 e. The predicted molar refractivity (Wildman–Crippen MR) is 210 cm³/mol. The van der Waals surface area contributed by atoms with E-state index < -0.39 is 0 Å². The Kier molecular flexibility index (Phi) is 6.85. The van der Waals surface area contributed by atoms with Gasteiger partial charge in [0.1, 0.15) is 11.2 Å². The molecule has 1 aliphatic rings. The molecule has 0 bridgehead atoms. The SMILES string of the molecule is c1ccc(-c2ccc(N(c3ccc4oc5ccc6c(c5c4c3)OC(c3ccccc3)N6)c3ccccc3-c3ccc4ccccc4c3)cc2)cc1. The first-order valence-electron chi connectivity index (χ1n) is 17.3. The number of hydrogen-bond acceptors (Lipinski definition) is 4. The van der Waals surface area contributed by atoms with Gasteiger partial charge in [0.2, 0.25) is 0 Å². The largest absolute Gasteiger partial charge is 0.464 e. The minimum absolute atomic E-state index is 0.270. The summed E-state index contributed by atoms with van der Waals surface area (Å²) >= 11 is 0. The van der Waals surface area contributed by atoms with E-state index in [1.54, 1.807) is 0 Å². The minimum Gasteiger partial charge on any atom is -0.464 e. The number of hydrogen-bond donors (Lipinski definition) is 1. The Hall–Kier alpha value is -6.78. The highest BCUT2D eigenvalue weighted by atomic mass is 16.5. The molecule has 1 N–H and O–H groups in total. The van der Waals surface area contributed by atoms with Crippen molar-refractivity contribution in [3.8, 4) is 28.0 Å². The van der Waals surface area contributed by atoms with Crippen LogP contribution in [-0.2, 0) is 0 Å². The van der Waals surface area contributed by atoms with Crippen molar-refractivity contribution in [2.75, 3.05) is 10.2 Å². The zero-order valence-electron chi connectivity index (χ0n) is 27.7. The molecule has 51 heavy (non-hydrogen) atoms.